The Labute approximate surface area is 234 Å². The van der Waals surface area contributed by atoms with Crippen molar-refractivity contribution in [2.24, 2.45) is 0 Å². The third kappa shape index (κ3) is 5.43. The Balaban J connectivity index is 1.45. The van der Waals surface area contributed by atoms with Crippen LogP contribution in [0.4, 0.5) is 17.1 Å². The molecule has 0 spiro atoms. The highest BCUT2D eigenvalue weighted by atomic mass is 32.2. The quantitative estimate of drug-likeness (QED) is 0.248. The van der Waals surface area contributed by atoms with E-state index in [1.165, 1.54) is 20.5 Å². The fourth-order valence-electron chi connectivity index (χ4n) is 4.01. The van der Waals surface area contributed by atoms with E-state index in [0.717, 1.165) is 22.2 Å². The van der Waals surface area contributed by atoms with Crippen LogP contribution in [0.2, 0.25) is 0 Å². The zero-order valence-electron chi connectivity index (χ0n) is 21.9. The summed E-state index contributed by atoms with van der Waals surface area (Å²) < 4.78 is 15.9. The van der Waals surface area contributed by atoms with E-state index in [4.69, 9.17) is 13.9 Å². The second-order valence-electron chi connectivity index (χ2n) is 8.74. The standard InChI is InChI=1S/C30H25N3O6S/c1-18-6-8-19(9-7-18)31-26-27(30(36)33(29(26)35)23-15-12-21(37-2)17-25(23)38-3)40-22-13-10-20(11-14-22)32-28(34)24-5-4-16-39-24/h4-17,31H,1-3H3,(H,32,34). The number of methoxy groups -OCH3 is 2. The van der Waals surface area contributed by atoms with Gasteiger partial charge in [-0.1, -0.05) is 29.5 Å². The van der Waals surface area contributed by atoms with Crippen molar-refractivity contribution in [2.75, 3.05) is 29.8 Å². The summed E-state index contributed by atoms with van der Waals surface area (Å²) in [7, 11) is 2.98. The minimum atomic E-state index is -0.515. The lowest BCUT2D eigenvalue weighted by atomic mass is 10.2. The summed E-state index contributed by atoms with van der Waals surface area (Å²) in [4.78, 5) is 41.8. The summed E-state index contributed by atoms with van der Waals surface area (Å²) >= 11 is 1.15. The Bertz CT molecular complexity index is 1600. The van der Waals surface area contributed by atoms with Gasteiger partial charge in [0.05, 0.1) is 26.2 Å². The van der Waals surface area contributed by atoms with Crippen LogP contribution in [0.5, 0.6) is 11.5 Å². The summed E-state index contributed by atoms with van der Waals surface area (Å²) in [5.74, 6) is -0.349. The zero-order valence-corrected chi connectivity index (χ0v) is 22.7. The number of rotatable bonds is 9. The molecule has 0 bridgehead atoms. The molecule has 2 heterocycles. The molecule has 40 heavy (non-hydrogen) atoms. The van der Waals surface area contributed by atoms with E-state index >= 15 is 0 Å². The van der Waals surface area contributed by atoms with Gasteiger partial charge in [-0.25, -0.2) is 4.90 Å². The van der Waals surface area contributed by atoms with E-state index in [1.807, 2.05) is 31.2 Å². The number of carbonyl (C=O) groups is 3. The molecule has 0 unspecified atom stereocenters. The molecule has 1 aliphatic heterocycles. The zero-order chi connectivity index (χ0) is 28.2. The number of carbonyl (C=O) groups excluding carboxylic acids is 3. The Kier molecular flexibility index (Phi) is 7.61. The van der Waals surface area contributed by atoms with Gasteiger partial charge in [-0.05, 0) is 67.6 Å². The molecule has 0 aliphatic carbocycles. The minimum Gasteiger partial charge on any atom is -0.497 e. The number of nitrogens with one attached hydrogen (secondary N) is 2. The number of amides is 3. The SMILES string of the molecule is COc1ccc(N2C(=O)C(Nc3ccc(C)cc3)=C(Sc3ccc(NC(=O)c4ccco4)cc3)C2=O)c(OC)c1. The smallest absolute Gasteiger partial charge is 0.291 e. The van der Waals surface area contributed by atoms with Gasteiger partial charge in [0.2, 0.25) is 0 Å². The first-order valence-corrected chi connectivity index (χ1v) is 13.0. The predicted molar refractivity (Wildman–Crippen MR) is 153 cm³/mol. The van der Waals surface area contributed by atoms with Crippen LogP contribution in [0.3, 0.4) is 0 Å². The second kappa shape index (κ2) is 11.4. The van der Waals surface area contributed by atoms with Gasteiger partial charge in [-0.15, -0.1) is 0 Å². The molecule has 3 aromatic carbocycles. The molecular formula is C30H25N3O6S. The monoisotopic (exact) mass is 555 g/mol. The summed E-state index contributed by atoms with van der Waals surface area (Å²) in [6, 6.07) is 22.5. The van der Waals surface area contributed by atoms with Crippen LogP contribution in [-0.4, -0.2) is 31.9 Å². The van der Waals surface area contributed by atoms with Crippen molar-refractivity contribution in [1.29, 1.82) is 0 Å². The average molecular weight is 556 g/mol. The maximum atomic E-state index is 13.8. The number of aryl methyl sites for hydroxylation is 1. The number of nitrogens with zero attached hydrogens (tertiary/aromatic N) is 1. The van der Waals surface area contributed by atoms with Crippen molar-refractivity contribution in [2.45, 2.75) is 11.8 Å². The molecule has 5 rings (SSSR count). The van der Waals surface area contributed by atoms with E-state index in [9.17, 15) is 14.4 Å². The van der Waals surface area contributed by atoms with Crippen molar-refractivity contribution in [3.05, 3.63) is 107 Å². The van der Waals surface area contributed by atoms with Crippen molar-refractivity contribution in [3.63, 3.8) is 0 Å². The maximum Gasteiger partial charge on any atom is 0.291 e. The van der Waals surface area contributed by atoms with E-state index in [1.54, 1.807) is 54.6 Å². The number of imide groups is 1. The maximum absolute atomic E-state index is 13.8. The fraction of sp³-hybridized carbons (Fsp3) is 0.100. The third-order valence-electron chi connectivity index (χ3n) is 6.07. The first kappa shape index (κ1) is 26.6. The normalized spacial score (nSPS) is 13.0. The lowest BCUT2D eigenvalue weighted by Crippen LogP contribution is -2.32. The Morgan fingerprint density at radius 1 is 0.875 bits per heavy atom. The fourth-order valence-corrected chi connectivity index (χ4v) is 4.94. The van der Waals surface area contributed by atoms with Crippen molar-refractivity contribution >= 4 is 46.5 Å². The molecule has 9 nitrogen and oxygen atoms in total. The lowest BCUT2D eigenvalue weighted by molar-refractivity contribution is -0.120. The molecule has 2 N–H and O–H groups in total. The van der Waals surface area contributed by atoms with Gasteiger partial charge >= 0.3 is 0 Å². The van der Waals surface area contributed by atoms with Crippen molar-refractivity contribution < 1.29 is 28.3 Å². The van der Waals surface area contributed by atoms with Crippen molar-refractivity contribution in [3.8, 4) is 11.5 Å². The van der Waals surface area contributed by atoms with Gasteiger partial charge in [0.25, 0.3) is 17.7 Å². The van der Waals surface area contributed by atoms with Gasteiger partial charge in [-0.3, -0.25) is 14.4 Å². The van der Waals surface area contributed by atoms with E-state index in [0.29, 0.717) is 33.5 Å². The highest BCUT2D eigenvalue weighted by molar-refractivity contribution is 8.04. The van der Waals surface area contributed by atoms with Crippen LogP contribution in [0.1, 0.15) is 16.1 Å². The summed E-state index contributed by atoms with van der Waals surface area (Å²) in [6.45, 7) is 1.97. The third-order valence-corrected chi connectivity index (χ3v) is 7.16. The van der Waals surface area contributed by atoms with Gasteiger partial charge in [0.1, 0.15) is 22.1 Å². The highest BCUT2D eigenvalue weighted by Gasteiger charge is 2.41. The van der Waals surface area contributed by atoms with Crippen LogP contribution in [0, 0.1) is 6.92 Å². The van der Waals surface area contributed by atoms with Crippen LogP contribution in [-0.2, 0) is 9.59 Å². The van der Waals surface area contributed by atoms with Crippen molar-refractivity contribution in [1.82, 2.24) is 0 Å². The molecule has 1 aromatic heterocycles. The van der Waals surface area contributed by atoms with Crippen LogP contribution < -0.4 is 25.0 Å². The predicted octanol–water partition coefficient (Wildman–Crippen LogP) is 5.85. The Hall–Kier alpha value is -4.96. The first-order chi connectivity index (χ1) is 19.4. The molecule has 0 saturated heterocycles. The van der Waals surface area contributed by atoms with Crippen LogP contribution >= 0.6 is 11.8 Å². The molecule has 0 saturated carbocycles. The number of hydrogen-bond acceptors (Lipinski definition) is 8. The van der Waals surface area contributed by atoms with Gasteiger partial charge < -0.3 is 24.5 Å². The van der Waals surface area contributed by atoms with Crippen LogP contribution in [0.15, 0.2) is 105 Å². The topological polar surface area (TPSA) is 110 Å². The molecule has 0 atom stereocenters. The molecule has 4 aromatic rings. The number of furan rings is 1. The molecular weight excluding hydrogens is 530 g/mol. The summed E-state index contributed by atoms with van der Waals surface area (Å²) in [6.07, 6.45) is 1.43. The molecule has 10 heteroatoms. The Morgan fingerprint density at radius 2 is 1.60 bits per heavy atom. The molecule has 0 fully saturated rings. The number of anilines is 3. The number of hydrogen-bond donors (Lipinski definition) is 2. The first-order valence-electron chi connectivity index (χ1n) is 12.2. The molecule has 202 valence electrons. The Morgan fingerprint density at radius 3 is 2.25 bits per heavy atom. The minimum absolute atomic E-state index is 0.145. The van der Waals surface area contributed by atoms with Gasteiger partial charge in [0.15, 0.2) is 5.76 Å². The van der Waals surface area contributed by atoms with Gasteiger partial charge in [-0.2, -0.15) is 0 Å². The number of benzene rings is 3. The molecule has 1 aliphatic rings. The summed E-state index contributed by atoms with van der Waals surface area (Å²) in [5.41, 5.74) is 2.72. The van der Waals surface area contributed by atoms with Gasteiger partial charge in [0, 0.05) is 22.3 Å². The summed E-state index contributed by atoms with van der Waals surface area (Å²) in [5, 5.41) is 5.90. The molecule has 0 radical (unpaired) electrons. The van der Waals surface area contributed by atoms with E-state index < -0.39 is 11.8 Å². The van der Waals surface area contributed by atoms with E-state index in [2.05, 4.69) is 10.6 Å². The number of thioether (sulfide) groups is 1. The average Bonchev–Trinajstić information content (AvgIpc) is 3.59. The number of ether oxygens (including phenoxy) is 2. The second-order valence-corrected chi connectivity index (χ2v) is 9.82. The molecule has 3 amide bonds. The highest BCUT2D eigenvalue weighted by Crippen LogP contribution is 2.41. The van der Waals surface area contributed by atoms with Crippen LogP contribution in [0.25, 0.3) is 0 Å². The van der Waals surface area contributed by atoms with E-state index in [-0.39, 0.29) is 22.3 Å². The largest absolute Gasteiger partial charge is 0.497 e. The lowest BCUT2D eigenvalue weighted by Gasteiger charge is -2.19.